The summed E-state index contributed by atoms with van der Waals surface area (Å²) in [6.07, 6.45) is 3.25. The lowest BCUT2D eigenvalue weighted by atomic mass is 10.1. The Bertz CT molecular complexity index is 817. The van der Waals surface area contributed by atoms with Gasteiger partial charge in [0.1, 0.15) is 6.04 Å². The lowest BCUT2D eigenvalue weighted by Crippen LogP contribution is -2.42. The van der Waals surface area contributed by atoms with Crippen molar-refractivity contribution in [3.8, 4) is 0 Å². The zero-order valence-corrected chi connectivity index (χ0v) is 16.7. The number of carbonyl (C=O) groups excluding carboxylic acids is 3. The standard InChI is InChI=1S/C21H24N2O4S/c1-2-3-13-27-21(26)15-8-10-16(11-9-15)22-19(24)17-6-4-12-23(17)20(25)18-7-5-14-28-18/h5,7-11,14,17H,2-4,6,12-13H2,1H3,(H,22,24). The number of esters is 1. The molecule has 0 radical (unpaired) electrons. The lowest BCUT2D eigenvalue weighted by Gasteiger charge is -2.23. The summed E-state index contributed by atoms with van der Waals surface area (Å²) >= 11 is 1.38. The van der Waals surface area contributed by atoms with E-state index >= 15 is 0 Å². The molecule has 0 bridgehead atoms. The lowest BCUT2D eigenvalue weighted by molar-refractivity contribution is -0.119. The van der Waals surface area contributed by atoms with Crippen molar-refractivity contribution < 1.29 is 19.1 Å². The summed E-state index contributed by atoms with van der Waals surface area (Å²) in [5.74, 6) is -0.673. The summed E-state index contributed by atoms with van der Waals surface area (Å²) in [7, 11) is 0. The van der Waals surface area contributed by atoms with Crippen molar-refractivity contribution in [2.45, 2.75) is 38.6 Å². The second kappa shape index (κ2) is 9.50. The van der Waals surface area contributed by atoms with Crippen LogP contribution in [0.25, 0.3) is 0 Å². The van der Waals surface area contributed by atoms with E-state index in [1.54, 1.807) is 35.2 Å². The molecule has 2 aromatic rings. The van der Waals surface area contributed by atoms with Gasteiger partial charge in [0.2, 0.25) is 5.91 Å². The van der Waals surface area contributed by atoms with Crippen LogP contribution in [0.1, 0.15) is 52.6 Å². The van der Waals surface area contributed by atoms with E-state index in [-0.39, 0.29) is 17.8 Å². The van der Waals surface area contributed by atoms with Gasteiger partial charge >= 0.3 is 5.97 Å². The van der Waals surface area contributed by atoms with Crippen molar-refractivity contribution in [3.63, 3.8) is 0 Å². The summed E-state index contributed by atoms with van der Waals surface area (Å²) in [6, 6.07) is 9.74. The fraction of sp³-hybridized carbons (Fsp3) is 0.381. The van der Waals surface area contributed by atoms with Crippen LogP contribution in [-0.2, 0) is 9.53 Å². The number of nitrogens with one attached hydrogen (secondary N) is 1. The number of hydrogen-bond acceptors (Lipinski definition) is 5. The van der Waals surface area contributed by atoms with Crippen LogP contribution < -0.4 is 5.32 Å². The highest BCUT2D eigenvalue weighted by Gasteiger charge is 2.34. The molecule has 148 valence electrons. The molecule has 7 heteroatoms. The minimum Gasteiger partial charge on any atom is -0.462 e. The number of likely N-dealkylation sites (tertiary alicyclic amines) is 1. The maximum absolute atomic E-state index is 12.7. The molecule has 1 aromatic heterocycles. The van der Waals surface area contributed by atoms with E-state index in [0.29, 0.717) is 35.7 Å². The maximum Gasteiger partial charge on any atom is 0.338 e. The van der Waals surface area contributed by atoms with Crippen molar-refractivity contribution >= 4 is 34.8 Å². The Balaban J connectivity index is 1.59. The van der Waals surface area contributed by atoms with E-state index in [1.807, 2.05) is 18.4 Å². The number of nitrogens with zero attached hydrogens (tertiary/aromatic N) is 1. The predicted molar refractivity (Wildman–Crippen MR) is 109 cm³/mol. The molecule has 1 atom stereocenters. The fourth-order valence-corrected chi connectivity index (χ4v) is 3.81. The molecule has 1 fully saturated rings. The van der Waals surface area contributed by atoms with Gasteiger partial charge < -0.3 is 15.0 Å². The molecule has 1 saturated heterocycles. The van der Waals surface area contributed by atoms with E-state index in [9.17, 15) is 14.4 Å². The normalized spacial score (nSPS) is 16.0. The zero-order chi connectivity index (χ0) is 19.9. The first kappa shape index (κ1) is 20.1. The van der Waals surface area contributed by atoms with Gasteiger partial charge in [-0.05, 0) is 55.0 Å². The minimum absolute atomic E-state index is 0.0992. The van der Waals surface area contributed by atoms with E-state index in [2.05, 4.69) is 5.32 Å². The Kier molecular flexibility index (Phi) is 6.81. The average molecular weight is 401 g/mol. The fourth-order valence-electron chi connectivity index (χ4n) is 3.13. The number of rotatable bonds is 7. The molecule has 6 nitrogen and oxygen atoms in total. The quantitative estimate of drug-likeness (QED) is 0.564. The Morgan fingerprint density at radius 3 is 2.68 bits per heavy atom. The van der Waals surface area contributed by atoms with Crippen molar-refractivity contribution in [2.24, 2.45) is 0 Å². The summed E-state index contributed by atoms with van der Waals surface area (Å²) < 4.78 is 5.18. The first-order valence-corrected chi connectivity index (χ1v) is 10.4. The smallest absolute Gasteiger partial charge is 0.338 e. The third kappa shape index (κ3) is 4.78. The van der Waals surface area contributed by atoms with Crippen LogP contribution in [0.3, 0.4) is 0 Å². The van der Waals surface area contributed by atoms with Gasteiger partial charge in [-0.1, -0.05) is 19.4 Å². The van der Waals surface area contributed by atoms with Crippen LogP contribution >= 0.6 is 11.3 Å². The van der Waals surface area contributed by atoms with Gasteiger partial charge in [0.25, 0.3) is 5.91 Å². The highest BCUT2D eigenvalue weighted by Crippen LogP contribution is 2.23. The summed E-state index contributed by atoms with van der Waals surface area (Å²) in [4.78, 5) is 39.5. The number of anilines is 1. The van der Waals surface area contributed by atoms with Crippen LogP contribution in [0.15, 0.2) is 41.8 Å². The van der Waals surface area contributed by atoms with Crippen molar-refractivity contribution in [1.82, 2.24) is 4.90 Å². The molecule has 1 N–H and O–H groups in total. The molecule has 0 saturated carbocycles. The van der Waals surface area contributed by atoms with Gasteiger partial charge in [-0.15, -0.1) is 11.3 Å². The molecule has 1 aromatic carbocycles. The molecule has 0 aliphatic carbocycles. The summed E-state index contributed by atoms with van der Waals surface area (Å²) in [6.45, 7) is 3.02. The Hall–Kier alpha value is -2.67. The SMILES string of the molecule is CCCCOC(=O)c1ccc(NC(=O)C2CCCN2C(=O)c2cccs2)cc1. The van der Waals surface area contributed by atoms with Crippen LogP contribution in [0, 0.1) is 0 Å². The third-order valence-electron chi connectivity index (χ3n) is 4.67. The van der Waals surface area contributed by atoms with E-state index in [4.69, 9.17) is 4.74 Å². The first-order valence-electron chi connectivity index (χ1n) is 9.52. The molecule has 2 amide bonds. The second-order valence-corrected chi connectivity index (χ2v) is 7.64. The topological polar surface area (TPSA) is 75.7 Å². The molecule has 1 aliphatic heterocycles. The molecular weight excluding hydrogens is 376 g/mol. The van der Waals surface area contributed by atoms with Crippen molar-refractivity contribution in [3.05, 3.63) is 52.2 Å². The second-order valence-electron chi connectivity index (χ2n) is 6.69. The van der Waals surface area contributed by atoms with E-state index in [0.717, 1.165) is 19.3 Å². The van der Waals surface area contributed by atoms with Gasteiger partial charge in [0, 0.05) is 12.2 Å². The molecule has 3 rings (SSSR count). The minimum atomic E-state index is -0.478. The third-order valence-corrected chi connectivity index (χ3v) is 5.53. The Morgan fingerprint density at radius 2 is 2.00 bits per heavy atom. The Labute approximate surface area is 168 Å². The van der Waals surface area contributed by atoms with Gasteiger partial charge in [-0.2, -0.15) is 0 Å². The first-order chi connectivity index (χ1) is 13.6. The van der Waals surface area contributed by atoms with Crippen molar-refractivity contribution in [2.75, 3.05) is 18.5 Å². The van der Waals surface area contributed by atoms with Gasteiger partial charge in [0.05, 0.1) is 17.0 Å². The van der Waals surface area contributed by atoms with E-state index in [1.165, 1.54) is 11.3 Å². The molecule has 2 heterocycles. The molecule has 1 unspecified atom stereocenters. The highest BCUT2D eigenvalue weighted by molar-refractivity contribution is 7.12. The van der Waals surface area contributed by atoms with Gasteiger partial charge in [-0.3, -0.25) is 9.59 Å². The van der Waals surface area contributed by atoms with E-state index < -0.39 is 6.04 Å². The highest BCUT2D eigenvalue weighted by atomic mass is 32.1. The number of carbonyl (C=O) groups is 3. The van der Waals surface area contributed by atoms with Gasteiger partial charge in [-0.25, -0.2) is 4.79 Å². The molecule has 0 spiro atoms. The summed E-state index contributed by atoms with van der Waals surface area (Å²) in [5, 5.41) is 4.71. The largest absolute Gasteiger partial charge is 0.462 e. The number of hydrogen-bond donors (Lipinski definition) is 1. The van der Waals surface area contributed by atoms with Crippen LogP contribution in [0.5, 0.6) is 0 Å². The van der Waals surface area contributed by atoms with Gasteiger partial charge in [0.15, 0.2) is 0 Å². The number of unbranched alkanes of at least 4 members (excludes halogenated alkanes) is 1. The van der Waals surface area contributed by atoms with Crippen LogP contribution in [0.2, 0.25) is 0 Å². The van der Waals surface area contributed by atoms with Crippen molar-refractivity contribution in [1.29, 1.82) is 0 Å². The molecule has 1 aliphatic rings. The zero-order valence-electron chi connectivity index (χ0n) is 15.8. The number of benzene rings is 1. The Morgan fingerprint density at radius 1 is 1.21 bits per heavy atom. The summed E-state index contributed by atoms with van der Waals surface area (Å²) in [5.41, 5.74) is 1.04. The maximum atomic E-state index is 12.7. The average Bonchev–Trinajstić information content (AvgIpc) is 3.40. The monoisotopic (exact) mass is 400 g/mol. The predicted octanol–water partition coefficient (Wildman–Crippen LogP) is 3.95. The van der Waals surface area contributed by atoms with Crippen LogP contribution in [-0.4, -0.2) is 41.9 Å². The van der Waals surface area contributed by atoms with Crippen LogP contribution in [0.4, 0.5) is 5.69 Å². The number of amides is 2. The molecular formula is C21H24N2O4S. The number of thiophene rings is 1. The molecule has 28 heavy (non-hydrogen) atoms. The number of ether oxygens (including phenoxy) is 1.